The van der Waals surface area contributed by atoms with Gasteiger partial charge in [0.05, 0.1) is 6.42 Å². The fraction of sp³-hybridized carbons (Fsp3) is 0.462. The van der Waals surface area contributed by atoms with Crippen molar-refractivity contribution in [3.05, 3.63) is 29.8 Å². The van der Waals surface area contributed by atoms with E-state index in [1.54, 1.807) is 24.3 Å². The molecule has 0 bridgehead atoms. The summed E-state index contributed by atoms with van der Waals surface area (Å²) in [5.74, 6) is 0.0401. The van der Waals surface area contributed by atoms with E-state index in [2.05, 4.69) is 0 Å². The third-order valence-electron chi connectivity index (χ3n) is 3.27. The van der Waals surface area contributed by atoms with Crippen molar-refractivity contribution in [3.63, 3.8) is 0 Å². The molecule has 2 fully saturated rings. The van der Waals surface area contributed by atoms with E-state index in [0.717, 1.165) is 5.56 Å². The van der Waals surface area contributed by atoms with E-state index in [1.165, 1.54) is 0 Å². The summed E-state index contributed by atoms with van der Waals surface area (Å²) in [5, 5.41) is 19.5. The van der Waals surface area contributed by atoms with Crippen LogP contribution in [0.15, 0.2) is 24.3 Å². The molecule has 3 rings (SSSR count). The topological polar surface area (TPSA) is 115 Å². The Morgan fingerprint density at radius 2 is 1.90 bits per heavy atom. The fourth-order valence-electron chi connectivity index (χ4n) is 2.15. The molecule has 7 heteroatoms. The molecular weight excluding hydrogens is 266 g/mol. The van der Waals surface area contributed by atoms with E-state index in [9.17, 15) is 15.0 Å². The second-order valence-corrected chi connectivity index (χ2v) is 4.86. The highest BCUT2D eigenvalue weighted by Crippen LogP contribution is 2.36. The number of aliphatic hydroxyl groups is 2. The Balaban J connectivity index is 1.63. The van der Waals surface area contributed by atoms with Gasteiger partial charge in [-0.25, -0.2) is 0 Å². The van der Waals surface area contributed by atoms with Gasteiger partial charge in [0.15, 0.2) is 6.29 Å². The summed E-state index contributed by atoms with van der Waals surface area (Å²) in [5.41, 5.74) is 5.86. The summed E-state index contributed by atoms with van der Waals surface area (Å²) >= 11 is 0. The molecular formula is C13H15NO6. The maximum atomic E-state index is 10.8. The lowest BCUT2D eigenvalue weighted by Gasteiger charge is -2.29. The predicted octanol–water partition coefficient (Wildman–Crippen LogP) is -1.10. The van der Waals surface area contributed by atoms with Gasteiger partial charge < -0.3 is 30.2 Å². The number of rotatable bonds is 4. The van der Waals surface area contributed by atoms with Gasteiger partial charge in [0, 0.05) is 0 Å². The highest BCUT2D eigenvalue weighted by molar-refractivity contribution is 5.76. The minimum Gasteiger partial charge on any atom is -0.462 e. The molecule has 7 nitrogen and oxygen atoms in total. The molecule has 0 aromatic heterocycles. The highest BCUT2D eigenvalue weighted by Gasteiger charge is 2.57. The molecule has 0 aliphatic carbocycles. The van der Waals surface area contributed by atoms with Crippen LogP contribution in [0.1, 0.15) is 5.56 Å². The average molecular weight is 281 g/mol. The first-order valence-electron chi connectivity index (χ1n) is 6.25. The van der Waals surface area contributed by atoms with Crippen LogP contribution in [0.5, 0.6) is 5.75 Å². The Hall–Kier alpha value is -1.67. The molecule has 2 aliphatic rings. The zero-order valence-corrected chi connectivity index (χ0v) is 10.5. The number of carbonyl (C=O) groups is 1. The molecule has 4 N–H and O–H groups in total. The number of fused-ring (bicyclic) bond motifs is 1. The zero-order valence-electron chi connectivity index (χ0n) is 10.5. The maximum Gasteiger partial charge on any atom is 0.231 e. The highest BCUT2D eigenvalue weighted by atomic mass is 16.8. The summed E-state index contributed by atoms with van der Waals surface area (Å²) in [6.07, 6.45) is -4.03. The molecule has 20 heavy (non-hydrogen) atoms. The summed E-state index contributed by atoms with van der Waals surface area (Å²) in [6.45, 7) is 0. The first-order chi connectivity index (χ1) is 9.54. The Morgan fingerprint density at radius 3 is 2.55 bits per heavy atom. The van der Waals surface area contributed by atoms with Crippen LogP contribution >= 0.6 is 0 Å². The van der Waals surface area contributed by atoms with Crippen molar-refractivity contribution in [2.75, 3.05) is 0 Å². The summed E-state index contributed by atoms with van der Waals surface area (Å²) in [6, 6.07) is 6.67. The van der Waals surface area contributed by atoms with Gasteiger partial charge in [-0.15, -0.1) is 0 Å². The van der Waals surface area contributed by atoms with Crippen LogP contribution in [-0.2, 0) is 20.7 Å². The molecule has 0 radical (unpaired) electrons. The van der Waals surface area contributed by atoms with Gasteiger partial charge in [0.2, 0.25) is 12.2 Å². The first kappa shape index (κ1) is 13.3. The Morgan fingerprint density at radius 1 is 1.20 bits per heavy atom. The van der Waals surface area contributed by atoms with E-state index in [-0.39, 0.29) is 6.42 Å². The minimum atomic E-state index is -1.18. The lowest BCUT2D eigenvalue weighted by atomic mass is 10.1. The zero-order chi connectivity index (χ0) is 14.3. The van der Waals surface area contributed by atoms with Crippen LogP contribution in [-0.4, -0.2) is 47.0 Å². The summed E-state index contributed by atoms with van der Waals surface area (Å²) < 4.78 is 15.8. The van der Waals surface area contributed by atoms with Crippen molar-refractivity contribution >= 4 is 5.91 Å². The maximum absolute atomic E-state index is 10.8. The molecule has 1 amide bonds. The number of hydrogen-bond acceptors (Lipinski definition) is 6. The number of carbonyl (C=O) groups excluding carboxylic acids is 1. The number of benzene rings is 1. The van der Waals surface area contributed by atoms with Crippen LogP contribution in [0.2, 0.25) is 0 Å². The number of hydrogen-bond donors (Lipinski definition) is 3. The molecule has 2 saturated heterocycles. The largest absolute Gasteiger partial charge is 0.462 e. The van der Waals surface area contributed by atoms with Crippen molar-refractivity contribution in [2.45, 2.75) is 37.3 Å². The van der Waals surface area contributed by atoms with E-state index in [0.29, 0.717) is 5.75 Å². The number of amides is 1. The second-order valence-electron chi connectivity index (χ2n) is 4.86. The lowest BCUT2D eigenvalue weighted by Crippen LogP contribution is -2.50. The van der Waals surface area contributed by atoms with Gasteiger partial charge in [0.1, 0.15) is 24.1 Å². The lowest BCUT2D eigenvalue weighted by molar-refractivity contribution is -0.207. The van der Waals surface area contributed by atoms with Gasteiger partial charge >= 0.3 is 0 Å². The predicted molar refractivity (Wildman–Crippen MR) is 65.5 cm³/mol. The number of ether oxygens (including phenoxy) is 3. The van der Waals surface area contributed by atoms with Gasteiger partial charge in [-0.3, -0.25) is 4.79 Å². The van der Waals surface area contributed by atoms with Crippen molar-refractivity contribution in [1.29, 1.82) is 0 Å². The van der Waals surface area contributed by atoms with E-state index >= 15 is 0 Å². The first-order valence-corrected chi connectivity index (χ1v) is 6.25. The van der Waals surface area contributed by atoms with Crippen molar-refractivity contribution in [3.8, 4) is 5.75 Å². The van der Waals surface area contributed by atoms with Crippen LogP contribution in [0.25, 0.3) is 0 Å². The number of nitrogens with two attached hydrogens (primary N) is 1. The van der Waals surface area contributed by atoms with Crippen LogP contribution in [0.3, 0.4) is 0 Å². The van der Waals surface area contributed by atoms with Crippen LogP contribution in [0.4, 0.5) is 0 Å². The normalized spacial score (nSPS) is 35.2. The number of epoxide rings is 1. The van der Waals surface area contributed by atoms with Crippen molar-refractivity contribution < 1.29 is 29.2 Å². The summed E-state index contributed by atoms with van der Waals surface area (Å²) in [4.78, 5) is 10.8. The number of aliphatic hydroxyl groups excluding tert-OH is 2. The molecule has 0 saturated carbocycles. The quantitative estimate of drug-likeness (QED) is 0.603. The van der Waals surface area contributed by atoms with Gasteiger partial charge in [0.25, 0.3) is 0 Å². The van der Waals surface area contributed by atoms with E-state index in [1.807, 2.05) is 0 Å². The third kappa shape index (κ3) is 2.61. The van der Waals surface area contributed by atoms with Crippen LogP contribution in [0, 0.1) is 0 Å². The minimum absolute atomic E-state index is 0.152. The smallest absolute Gasteiger partial charge is 0.231 e. The Kier molecular flexibility index (Phi) is 3.35. The standard InChI is InChI=1S/C13H15NO6/c14-8(15)5-6-1-3-7(4-2-6)18-12-10(17)9(16)11-13(19-11)20-12/h1-4,9-13,16-17H,5H2,(H2,14,15). The SMILES string of the molecule is NC(=O)Cc1ccc(OC2OC3OC3C(O)C2O)cc1. The molecule has 2 heterocycles. The monoisotopic (exact) mass is 281 g/mol. The van der Waals surface area contributed by atoms with Gasteiger partial charge in [-0.1, -0.05) is 12.1 Å². The van der Waals surface area contributed by atoms with Crippen molar-refractivity contribution in [2.24, 2.45) is 5.73 Å². The van der Waals surface area contributed by atoms with Crippen molar-refractivity contribution in [1.82, 2.24) is 0 Å². The fourth-order valence-corrected chi connectivity index (χ4v) is 2.15. The second kappa shape index (κ2) is 5.02. The van der Waals surface area contributed by atoms with Gasteiger partial charge in [-0.2, -0.15) is 0 Å². The summed E-state index contributed by atoms with van der Waals surface area (Å²) in [7, 11) is 0. The Bertz CT molecular complexity index is 504. The molecule has 5 unspecified atom stereocenters. The number of primary amides is 1. The molecule has 2 aliphatic heterocycles. The van der Waals surface area contributed by atoms with E-state index in [4.69, 9.17) is 19.9 Å². The van der Waals surface area contributed by atoms with E-state index < -0.39 is 36.8 Å². The third-order valence-corrected chi connectivity index (χ3v) is 3.27. The van der Waals surface area contributed by atoms with Gasteiger partial charge in [-0.05, 0) is 17.7 Å². The Labute approximate surface area is 114 Å². The molecule has 5 atom stereocenters. The molecule has 1 aromatic rings. The molecule has 108 valence electrons. The molecule has 0 spiro atoms. The average Bonchev–Trinajstić information content (AvgIpc) is 3.17. The molecule has 1 aromatic carbocycles. The van der Waals surface area contributed by atoms with Crippen LogP contribution < -0.4 is 10.5 Å².